The van der Waals surface area contributed by atoms with Crippen LogP contribution in [0.25, 0.3) is 0 Å². The van der Waals surface area contributed by atoms with E-state index in [-0.39, 0.29) is 31.3 Å². The minimum Gasteiger partial charge on any atom is -0.508 e. The molecule has 0 heterocycles. The molecule has 1 rings (SSSR count). The van der Waals surface area contributed by atoms with Gasteiger partial charge in [0.15, 0.2) is 0 Å². The fourth-order valence-corrected chi connectivity index (χ4v) is 1.68. The van der Waals surface area contributed by atoms with Crippen molar-refractivity contribution in [2.24, 2.45) is 5.92 Å². The highest BCUT2D eigenvalue weighted by molar-refractivity contribution is 5.25. The van der Waals surface area contributed by atoms with Gasteiger partial charge in [-0.05, 0) is 24.6 Å². The first-order valence-electron chi connectivity index (χ1n) is 4.66. The van der Waals surface area contributed by atoms with E-state index in [1.165, 1.54) is 18.2 Å². The molecule has 0 radical (unpaired) electrons. The van der Waals surface area contributed by atoms with Crippen LogP contribution in [0.1, 0.15) is 12.8 Å². The van der Waals surface area contributed by atoms with Gasteiger partial charge in [-0.15, -0.1) is 0 Å². The molecule has 0 bridgehead atoms. The van der Waals surface area contributed by atoms with Crippen LogP contribution in [-0.4, -0.2) is 39.2 Å². The Morgan fingerprint density at radius 2 is 2.00 bits per heavy atom. The fraction of sp³-hybridized carbons (Fsp3) is 0.600. The first-order valence-corrected chi connectivity index (χ1v) is 4.66. The molecule has 80 valence electrons. The van der Waals surface area contributed by atoms with E-state index in [1.807, 2.05) is 0 Å². The van der Waals surface area contributed by atoms with E-state index >= 15 is 0 Å². The zero-order valence-corrected chi connectivity index (χ0v) is 7.93. The van der Waals surface area contributed by atoms with Gasteiger partial charge >= 0.3 is 0 Å². The van der Waals surface area contributed by atoms with Gasteiger partial charge in [0.2, 0.25) is 0 Å². The zero-order chi connectivity index (χ0) is 10.6. The number of hydrogen-bond donors (Lipinski definition) is 4. The largest absolute Gasteiger partial charge is 0.508 e. The maximum atomic E-state index is 10.1. The van der Waals surface area contributed by atoms with Gasteiger partial charge in [-0.3, -0.25) is 0 Å². The summed E-state index contributed by atoms with van der Waals surface area (Å²) >= 11 is 0. The number of aliphatic hydroxyl groups is 4. The van der Waals surface area contributed by atoms with Crippen molar-refractivity contribution in [3.8, 4) is 0 Å². The molecule has 0 aromatic carbocycles. The third-order valence-electron chi connectivity index (χ3n) is 2.51. The molecular formula is C10H16O4. The molecule has 14 heavy (non-hydrogen) atoms. The maximum Gasteiger partial charge on any atom is 0.111 e. The fourth-order valence-electron chi connectivity index (χ4n) is 1.68. The van der Waals surface area contributed by atoms with Crippen LogP contribution in [0.15, 0.2) is 24.0 Å². The number of rotatable bonds is 4. The normalized spacial score (nSPS) is 31.6. The molecule has 2 atom stereocenters. The van der Waals surface area contributed by atoms with E-state index in [2.05, 4.69) is 0 Å². The van der Waals surface area contributed by atoms with E-state index in [0.717, 1.165) is 0 Å². The van der Waals surface area contributed by atoms with Gasteiger partial charge in [-0.25, -0.2) is 0 Å². The quantitative estimate of drug-likeness (QED) is 0.519. The van der Waals surface area contributed by atoms with Crippen LogP contribution >= 0.6 is 0 Å². The molecule has 4 nitrogen and oxygen atoms in total. The average Bonchev–Trinajstić information content (AvgIpc) is 2.13. The van der Waals surface area contributed by atoms with Crippen LogP contribution in [0.5, 0.6) is 0 Å². The molecule has 4 N–H and O–H groups in total. The van der Waals surface area contributed by atoms with Gasteiger partial charge in [0.25, 0.3) is 0 Å². The monoisotopic (exact) mass is 200 g/mol. The zero-order valence-electron chi connectivity index (χ0n) is 7.93. The van der Waals surface area contributed by atoms with E-state index in [1.54, 1.807) is 0 Å². The standard InChI is InChI=1S/C10H16O4/c11-5-2-8-7-9(13)1-3-10(8,14)4-6-12/h1,3,7-8,11-14H,2,4-6H2. The molecule has 0 amide bonds. The Labute approximate surface area is 82.8 Å². The van der Waals surface area contributed by atoms with Crippen LogP contribution in [0.2, 0.25) is 0 Å². The number of allylic oxidation sites excluding steroid dienone is 1. The van der Waals surface area contributed by atoms with Crippen molar-refractivity contribution in [1.82, 2.24) is 0 Å². The molecule has 0 spiro atoms. The Hall–Kier alpha value is -0.840. The third kappa shape index (κ3) is 2.35. The Morgan fingerprint density at radius 3 is 2.57 bits per heavy atom. The minimum absolute atomic E-state index is 0.0595. The highest BCUT2D eigenvalue weighted by Crippen LogP contribution is 2.31. The van der Waals surface area contributed by atoms with Crippen LogP contribution in [0.3, 0.4) is 0 Å². The smallest absolute Gasteiger partial charge is 0.111 e. The minimum atomic E-state index is -1.15. The highest BCUT2D eigenvalue weighted by atomic mass is 16.3. The van der Waals surface area contributed by atoms with Crippen molar-refractivity contribution >= 4 is 0 Å². The second kappa shape index (κ2) is 4.59. The molecule has 0 fully saturated rings. The van der Waals surface area contributed by atoms with E-state index < -0.39 is 5.60 Å². The highest BCUT2D eigenvalue weighted by Gasteiger charge is 2.34. The topological polar surface area (TPSA) is 80.9 Å². The summed E-state index contributed by atoms with van der Waals surface area (Å²) in [7, 11) is 0. The summed E-state index contributed by atoms with van der Waals surface area (Å²) in [6.07, 6.45) is 4.96. The molecular weight excluding hydrogens is 184 g/mol. The molecule has 4 heteroatoms. The first-order chi connectivity index (χ1) is 6.62. The first kappa shape index (κ1) is 11.2. The van der Waals surface area contributed by atoms with Gasteiger partial charge in [-0.1, -0.05) is 0 Å². The van der Waals surface area contributed by atoms with E-state index in [9.17, 15) is 10.2 Å². The van der Waals surface area contributed by atoms with Crippen molar-refractivity contribution in [2.45, 2.75) is 18.4 Å². The van der Waals surface area contributed by atoms with Crippen LogP contribution in [0, 0.1) is 5.92 Å². The summed E-state index contributed by atoms with van der Waals surface area (Å²) in [5.74, 6) is -0.254. The summed E-state index contributed by atoms with van der Waals surface area (Å²) < 4.78 is 0. The summed E-state index contributed by atoms with van der Waals surface area (Å²) in [5, 5.41) is 36.9. The molecule has 0 aromatic heterocycles. The van der Waals surface area contributed by atoms with Crippen molar-refractivity contribution in [3.05, 3.63) is 24.0 Å². The lowest BCUT2D eigenvalue weighted by Gasteiger charge is -2.33. The predicted molar refractivity (Wildman–Crippen MR) is 51.7 cm³/mol. The van der Waals surface area contributed by atoms with Crippen LogP contribution < -0.4 is 0 Å². The van der Waals surface area contributed by atoms with Crippen molar-refractivity contribution < 1.29 is 20.4 Å². The Morgan fingerprint density at radius 1 is 1.29 bits per heavy atom. The van der Waals surface area contributed by atoms with Crippen molar-refractivity contribution in [3.63, 3.8) is 0 Å². The van der Waals surface area contributed by atoms with Crippen LogP contribution in [0.4, 0.5) is 0 Å². The van der Waals surface area contributed by atoms with E-state index in [0.29, 0.717) is 6.42 Å². The molecule has 0 aromatic rings. The van der Waals surface area contributed by atoms with Gasteiger partial charge in [0.05, 0.1) is 5.60 Å². The summed E-state index contributed by atoms with van der Waals surface area (Å²) in [6, 6.07) is 0. The molecule has 0 saturated carbocycles. The Balaban J connectivity index is 2.79. The lowest BCUT2D eigenvalue weighted by molar-refractivity contribution is 0.0115. The average molecular weight is 200 g/mol. The lowest BCUT2D eigenvalue weighted by Crippen LogP contribution is -2.38. The lowest BCUT2D eigenvalue weighted by atomic mass is 9.79. The third-order valence-corrected chi connectivity index (χ3v) is 2.51. The SMILES string of the molecule is OCCC1C=C(O)C=CC1(O)CCO. The number of aliphatic hydroxyl groups excluding tert-OH is 3. The van der Waals surface area contributed by atoms with Gasteiger partial charge in [0, 0.05) is 25.6 Å². The second-order valence-corrected chi connectivity index (χ2v) is 3.51. The summed E-state index contributed by atoms with van der Waals surface area (Å²) in [5.41, 5.74) is -1.15. The van der Waals surface area contributed by atoms with Crippen molar-refractivity contribution in [2.75, 3.05) is 13.2 Å². The summed E-state index contributed by atoms with van der Waals surface area (Å²) in [4.78, 5) is 0. The maximum absolute atomic E-state index is 10.1. The van der Waals surface area contributed by atoms with Crippen LogP contribution in [-0.2, 0) is 0 Å². The van der Waals surface area contributed by atoms with E-state index in [4.69, 9.17) is 10.2 Å². The van der Waals surface area contributed by atoms with Gasteiger partial charge in [0.1, 0.15) is 5.76 Å². The molecule has 1 aliphatic rings. The van der Waals surface area contributed by atoms with Crippen molar-refractivity contribution in [1.29, 1.82) is 0 Å². The molecule has 1 aliphatic carbocycles. The molecule has 2 unspecified atom stereocenters. The Kier molecular flexibility index (Phi) is 3.69. The second-order valence-electron chi connectivity index (χ2n) is 3.51. The summed E-state index contributed by atoms with van der Waals surface area (Å²) in [6.45, 7) is -0.187. The predicted octanol–water partition coefficient (Wildman–Crippen LogP) is 0.110. The van der Waals surface area contributed by atoms with Gasteiger partial charge < -0.3 is 20.4 Å². The molecule has 0 aliphatic heterocycles. The van der Waals surface area contributed by atoms with Gasteiger partial charge in [-0.2, -0.15) is 0 Å². The molecule has 0 saturated heterocycles. The number of hydrogen-bond acceptors (Lipinski definition) is 4. The Bertz CT molecular complexity index is 247.